The van der Waals surface area contributed by atoms with Crippen LogP contribution in [-0.2, 0) is 16.0 Å². The number of benzene rings is 2. The molecule has 4 amide bonds. The molecule has 3 aliphatic carbocycles. The molecule has 0 unspecified atom stereocenters. The Morgan fingerprint density at radius 1 is 1.02 bits per heavy atom. The van der Waals surface area contributed by atoms with Crippen LogP contribution in [0, 0.1) is 11.8 Å². The number of nitrogens with one attached hydrogen (secondary N) is 2. The van der Waals surface area contributed by atoms with Crippen molar-refractivity contribution in [1.82, 2.24) is 10.2 Å². The van der Waals surface area contributed by atoms with Gasteiger partial charge in [-0.25, -0.2) is 4.79 Å². The normalized spacial score (nSPS) is 24.1. The van der Waals surface area contributed by atoms with Gasteiger partial charge in [0.05, 0.1) is 17.3 Å². The van der Waals surface area contributed by atoms with E-state index in [1.54, 1.807) is 51.3 Å². The lowest BCUT2D eigenvalue weighted by molar-refractivity contribution is -0.148. The first-order chi connectivity index (χ1) is 21.1. The summed E-state index contributed by atoms with van der Waals surface area (Å²) in [5.41, 5.74) is 1.87. The molecule has 0 bridgehead atoms. The van der Waals surface area contributed by atoms with Gasteiger partial charge >= 0.3 is 6.03 Å². The van der Waals surface area contributed by atoms with E-state index in [0.29, 0.717) is 11.3 Å². The van der Waals surface area contributed by atoms with Crippen LogP contribution in [0.2, 0.25) is 0 Å². The Labute approximate surface area is 257 Å². The fraction of sp³-hybridized carbons (Fsp3) is 0.323. The minimum absolute atomic E-state index is 0.0641. The Balaban J connectivity index is 1.60. The molecular formula is C31H33N5O9. The third kappa shape index (κ3) is 4.78. The van der Waals surface area contributed by atoms with Gasteiger partial charge in [-0.05, 0) is 56.6 Å². The van der Waals surface area contributed by atoms with Crippen LogP contribution in [0.15, 0.2) is 59.1 Å². The first-order valence-electron chi connectivity index (χ1n) is 14.0. The number of nitrogens with zero attached hydrogens (tertiary/aromatic N) is 2. The van der Waals surface area contributed by atoms with Gasteiger partial charge in [0.15, 0.2) is 17.1 Å². The number of urea groups is 1. The number of primary amides is 1. The lowest BCUT2D eigenvalue weighted by Crippen LogP contribution is -2.63. The smallest absolute Gasteiger partial charge is 0.326 e. The summed E-state index contributed by atoms with van der Waals surface area (Å²) >= 11 is 0. The van der Waals surface area contributed by atoms with Crippen LogP contribution in [-0.4, -0.2) is 94.6 Å². The molecule has 5 rings (SSSR count). The van der Waals surface area contributed by atoms with Crippen LogP contribution in [0.3, 0.4) is 0 Å². The second kappa shape index (κ2) is 11.1. The maximum Gasteiger partial charge on any atom is 0.326 e. The minimum Gasteiger partial charge on any atom is -0.510 e. The monoisotopic (exact) mass is 619 g/mol. The molecule has 0 aliphatic heterocycles. The molecule has 3 aliphatic rings. The largest absolute Gasteiger partial charge is 0.510 e. The molecule has 0 saturated heterocycles. The van der Waals surface area contributed by atoms with Crippen molar-refractivity contribution in [3.63, 3.8) is 0 Å². The van der Waals surface area contributed by atoms with E-state index < -0.39 is 75.7 Å². The zero-order valence-electron chi connectivity index (χ0n) is 24.9. The first kappa shape index (κ1) is 31.2. The zero-order valence-corrected chi connectivity index (χ0v) is 24.9. The van der Waals surface area contributed by atoms with Gasteiger partial charge in [0.25, 0.3) is 11.8 Å². The number of aliphatic hydroxyl groups excluding tert-OH is 2. The highest BCUT2D eigenvalue weighted by atomic mass is 16.3. The fourth-order valence-corrected chi connectivity index (χ4v) is 6.71. The molecule has 4 atom stereocenters. The second-order valence-corrected chi connectivity index (χ2v) is 11.8. The second-order valence-electron chi connectivity index (χ2n) is 11.8. The standard InChI is InChI=1S/C31H33N5O9/c1-35(2)18-12-17(33-30(44)34-29(43)13-8-6-5-7-9-13)23(37)20-15(18)10-14-11-16-22(36(3)4)25(39)21(28(32)42)27(41)31(16,45)26(40)19(14)24(20)38/h5-9,12,14,16,22,37,39-40,45H,10-11H2,1-4H3,(H2,32,42)(H2,33,34,43,44)/t14-,16-,22-,31-/m0/s1. The van der Waals surface area contributed by atoms with Gasteiger partial charge < -0.3 is 36.4 Å². The van der Waals surface area contributed by atoms with E-state index in [4.69, 9.17) is 5.73 Å². The number of amides is 4. The molecule has 2 aromatic carbocycles. The fourth-order valence-electron chi connectivity index (χ4n) is 6.71. The Hall–Kier alpha value is -5.21. The number of rotatable bonds is 5. The van der Waals surface area contributed by atoms with Crippen LogP contribution in [0.25, 0.3) is 0 Å². The van der Waals surface area contributed by atoms with Gasteiger partial charge in [0.2, 0.25) is 5.78 Å². The van der Waals surface area contributed by atoms with E-state index in [2.05, 4.69) is 10.6 Å². The number of hydrogen-bond acceptors (Lipinski definition) is 11. The molecule has 0 aromatic heterocycles. The number of ketones is 2. The molecule has 0 radical (unpaired) electrons. The van der Waals surface area contributed by atoms with E-state index in [0.717, 1.165) is 0 Å². The number of carbonyl (C=O) groups is 5. The average molecular weight is 620 g/mol. The molecule has 14 nitrogen and oxygen atoms in total. The predicted octanol–water partition coefficient (Wildman–Crippen LogP) is 1.15. The summed E-state index contributed by atoms with van der Waals surface area (Å²) in [6.45, 7) is 0. The number of phenols is 1. The molecule has 2 aromatic rings. The lowest BCUT2D eigenvalue weighted by Gasteiger charge is -2.50. The summed E-state index contributed by atoms with van der Waals surface area (Å²) in [7, 11) is 6.46. The van der Waals surface area contributed by atoms with E-state index in [-0.39, 0.29) is 35.2 Å². The number of nitrogens with two attached hydrogens (primary N) is 1. The van der Waals surface area contributed by atoms with Crippen LogP contribution in [0.5, 0.6) is 5.75 Å². The predicted molar refractivity (Wildman–Crippen MR) is 161 cm³/mol. The number of phenolic OH excluding ortho intramolecular Hbond substituents is 1. The number of Topliss-reactive ketones (excluding diaryl/α,β-unsaturated/α-hetero) is 2. The summed E-state index contributed by atoms with van der Waals surface area (Å²) in [5.74, 6) is -8.52. The highest BCUT2D eigenvalue weighted by molar-refractivity contribution is 6.25. The average Bonchev–Trinajstić information content (AvgIpc) is 2.96. The highest BCUT2D eigenvalue weighted by Gasteiger charge is 2.63. The number of aliphatic hydroxyl groups is 3. The van der Waals surface area contributed by atoms with Crippen molar-refractivity contribution in [2.24, 2.45) is 17.6 Å². The van der Waals surface area contributed by atoms with E-state index in [1.807, 2.05) is 0 Å². The van der Waals surface area contributed by atoms with Crippen molar-refractivity contribution < 1.29 is 44.4 Å². The SMILES string of the molecule is CN(C)c1cc(NC(=O)NC(=O)c2ccccc2)c(O)c2c1C[C@H]1C[C@H]3[C@H](N(C)C)C(O)=C(C(N)=O)C(=O)[C@@]3(O)C(O)=C1C2=O. The van der Waals surface area contributed by atoms with Crippen molar-refractivity contribution in [2.75, 3.05) is 38.4 Å². The van der Waals surface area contributed by atoms with Crippen molar-refractivity contribution in [1.29, 1.82) is 0 Å². The summed E-state index contributed by atoms with van der Waals surface area (Å²) in [6, 6.07) is 7.27. The molecule has 0 saturated carbocycles. The molecule has 0 fully saturated rings. The van der Waals surface area contributed by atoms with Gasteiger partial charge in [-0.15, -0.1) is 0 Å². The van der Waals surface area contributed by atoms with Gasteiger partial charge in [-0.3, -0.25) is 29.4 Å². The number of likely N-dealkylation sites (N-methyl/N-ethyl adjacent to an activating group) is 1. The van der Waals surface area contributed by atoms with E-state index >= 15 is 0 Å². The molecule has 0 spiro atoms. The Morgan fingerprint density at radius 3 is 2.24 bits per heavy atom. The Bertz CT molecular complexity index is 1730. The molecule has 14 heteroatoms. The summed E-state index contributed by atoms with van der Waals surface area (Å²) < 4.78 is 0. The van der Waals surface area contributed by atoms with E-state index in [9.17, 15) is 44.4 Å². The number of aromatic hydroxyl groups is 1. The summed E-state index contributed by atoms with van der Waals surface area (Å²) in [4.78, 5) is 68.1. The van der Waals surface area contributed by atoms with Crippen LogP contribution in [0.4, 0.5) is 16.2 Å². The highest BCUT2D eigenvalue weighted by Crippen LogP contribution is 2.53. The third-order valence-corrected chi connectivity index (χ3v) is 8.69. The third-order valence-electron chi connectivity index (χ3n) is 8.69. The minimum atomic E-state index is -2.78. The van der Waals surface area contributed by atoms with Gasteiger partial charge in [-0.2, -0.15) is 0 Å². The molecular weight excluding hydrogens is 586 g/mol. The van der Waals surface area contributed by atoms with Gasteiger partial charge in [0.1, 0.15) is 17.1 Å². The van der Waals surface area contributed by atoms with Crippen LogP contribution >= 0.6 is 0 Å². The lowest BCUT2D eigenvalue weighted by atomic mass is 9.58. The summed E-state index contributed by atoms with van der Waals surface area (Å²) in [6.07, 6.45) is -0.00201. The van der Waals surface area contributed by atoms with Gasteiger partial charge in [0, 0.05) is 36.8 Å². The van der Waals surface area contributed by atoms with Gasteiger partial charge in [-0.1, -0.05) is 18.2 Å². The number of allylic oxidation sites excluding steroid dienone is 1. The van der Waals surface area contributed by atoms with Crippen molar-refractivity contribution in [2.45, 2.75) is 24.5 Å². The number of fused-ring (bicyclic) bond motifs is 3. The summed E-state index contributed by atoms with van der Waals surface area (Å²) in [5, 5.41) is 50.0. The number of anilines is 2. The van der Waals surface area contributed by atoms with Crippen LogP contribution in [0.1, 0.15) is 32.7 Å². The maximum absolute atomic E-state index is 14.1. The number of hydrogen-bond donors (Lipinski definition) is 7. The van der Waals surface area contributed by atoms with Crippen molar-refractivity contribution in [3.05, 3.63) is 75.8 Å². The molecule has 0 heterocycles. The Kier molecular flexibility index (Phi) is 7.67. The van der Waals surface area contributed by atoms with Crippen molar-refractivity contribution >= 4 is 40.8 Å². The van der Waals surface area contributed by atoms with E-state index in [1.165, 1.54) is 23.1 Å². The number of imide groups is 1. The van der Waals surface area contributed by atoms with Crippen molar-refractivity contribution in [3.8, 4) is 5.75 Å². The zero-order chi connectivity index (χ0) is 33.1. The topological polar surface area (TPSA) is 223 Å². The molecule has 236 valence electrons. The molecule has 45 heavy (non-hydrogen) atoms. The maximum atomic E-state index is 14.1. The quantitative estimate of drug-likeness (QED) is 0.186. The Morgan fingerprint density at radius 2 is 1.67 bits per heavy atom. The number of carbonyl (C=O) groups excluding carboxylic acids is 5. The van der Waals surface area contributed by atoms with Crippen LogP contribution < -0.4 is 21.3 Å². The first-order valence-corrected chi connectivity index (χ1v) is 14.0. The molecule has 8 N–H and O–H groups in total.